The number of nitrogens with one attached hydrogen (secondary N) is 2. The van der Waals surface area contributed by atoms with Gasteiger partial charge in [0.05, 0.1) is 18.2 Å². The van der Waals surface area contributed by atoms with Crippen molar-refractivity contribution in [2.45, 2.75) is 62.8 Å². The van der Waals surface area contributed by atoms with Gasteiger partial charge in [-0.1, -0.05) is 0 Å². The van der Waals surface area contributed by atoms with Crippen LogP contribution in [-0.4, -0.2) is 54.9 Å². The first-order chi connectivity index (χ1) is 9.78. The smallest absolute Gasteiger partial charge is 0.315 e. The lowest BCUT2D eigenvalue weighted by Gasteiger charge is -2.21. The Labute approximate surface area is 120 Å². The first kappa shape index (κ1) is 12.9. The van der Waals surface area contributed by atoms with Crippen molar-refractivity contribution in [3.8, 4) is 0 Å². The zero-order chi connectivity index (χ0) is 13.5. The van der Waals surface area contributed by atoms with Gasteiger partial charge in [-0.15, -0.1) is 0 Å². The second-order valence-corrected chi connectivity index (χ2v) is 6.95. The molecule has 1 aliphatic carbocycles. The molecule has 5 heteroatoms. The topological polar surface area (TPSA) is 53.6 Å². The SMILES string of the molecule is O=C(NC[C@@H]1CCN(C2CC2)C1)N[C@@H]1C[C@H]2CC[C@H]1O2. The Kier molecular flexibility index (Phi) is 3.34. The van der Waals surface area contributed by atoms with Crippen LogP contribution < -0.4 is 10.6 Å². The molecule has 3 aliphatic heterocycles. The molecular formula is C15H25N3O2. The Morgan fingerprint density at radius 1 is 1.20 bits per heavy atom. The summed E-state index contributed by atoms with van der Waals surface area (Å²) >= 11 is 0. The fourth-order valence-corrected chi connectivity index (χ4v) is 4.05. The van der Waals surface area contributed by atoms with E-state index in [2.05, 4.69) is 15.5 Å². The molecule has 112 valence electrons. The predicted octanol–water partition coefficient (Wildman–Crippen LogP) is 1.09. The molecule has 0 unspecified atom stereocenters. The Morgan fingerprint density at radius 2 is 2.10 bits per heavy atom. The van der Waals surface area contributed by atoms with Crippen molar-refractivity contribution in [2.75, 3.05) is 19.6 Å². The molecule has 2 N–H and O–H groups in total. The molecule has 2 bridgehead atoms. The third kappa shape index (κ3) is 2.66. The first-order valence-corrected chi connectivity index (χ1v) is 8.22. The van der Waals surface area contributed by atoms with Crippen molar-refractivity contribution in [3.05, 3.63) is 0 Å². The van der Waals surface area contributed by atoms with Crippen LogP contribution in [0.5, 0.6) is 0 Å². The Balaban J connectivity index is 1.17. The van der Waals surface area contributed by atoms with Crippen LogP contribution in [0.25, 0.3) is 0 Å². The van der Waals surface area contributed by atoms with E-state index in [9.17, 15) is 4.79 Å². The number of carbonyl (C=O) groups excluding carboxylic acids is 1. The average molecular weight is 279 g/mol. The van der Waals surface area contributed by atoms with Gasteiger partial charge in [0.25, 0.3) is 0 Å². The van der Waals surface area contributed by atoms with Crippen LogP contribution in [0.4, 0.5) is 4.79 Å². The minimum atomic E-state index is -0.00368. The molecule has 0 aromatic rings. The van der Waals surface area contributed by atoms with Crippen LogP contribution in [0.2, 0.25) is 0 Å². The molecule has 4 aliphatic rings. The molecule has 2 amide bonds. The van der Waals surface area contributed by atoms with Gasteiger partial charge in [0.2, 0.25) is 0 Å². The maximum absolute atomic E-state index is 12.0. The largest absolute Gasteiger partial charge is 0.373 e. The monoisotopic (exact) mass is 279 g/mol. The van der Waals surface area contributed by atoms with E-state index in [-0.39, 0.29) is 18.2 Å². The summed E-state index contributed by atoms with van der Waals surface area (Å²) in [6.07, 6.45) is 7.92. The van der Waals surface area contributed by atoms with Gasteiger partial charge in [0.15, 0.2) is 0 Å². The molecule has 4 atom stereocenters. The van der Waals surface area contributed by atoms with Crippen LogP contribution in [0.15, 0.2) is 0 Å². The van der Waals surface area contributed by atoms with E-state index in [0.29, 0.717) is 12.0 Å². The summed E-state index contributed by atoms with van der Waals surface area (Å²) < 4.78 is 5.76. The molecule has 0 aromatic carbocycles. The molecule has 20 heavy (non-hydrogen) atoms. The number of urea groups is 1. The van der Waals surface area contributed by atoms with E-state index in [4.69, 9.17) is 4.74 Å². The first-order valence-electron chi connectivity index (χ1n) is 8.22. The summed E-state index contributed by atoms with van der Waals surface area (Å²) in [4.78, 5) is 14.6. The van der Waals surface area contributed by atoms with Crippen LogP contribution in [0, 0.1) is 5.92 Å². The fourth-order valence-electron chi connectivity index (χ4n) is 4.05. The minimum Gasteiger partial charge on any atom is -0.373 e. The molecule has 0 spiro atoms. The lowest BCUT2D eigenvalue weighted by atomic mass is 9.96. The van der Waals surface area contributed by atoms with E-state index in [1.54, 1.807) is 0 Å². The van der Waals surface area contributed by atoms with Gasteiger partial charge >= 0.3 is 6.03 Å². The van der Waals surface area contributed by atoms with Gasteiger partial charge in [-0.2, -0.15) is 0 Å². The standard InChI is InChI=1S/C15H25N3O2/c19-15(17-13-7-12-3-4-14(13)20-12)16-8-10-5-6-18(9-10)11-1-2-11/h10-14H,1-9H2,(H2,16,17,19)/t10-,12+,13+,14+/m0/s1. The van der Waals surface area contributed by atoms with E-state index < -0.39 is 0 Å². The second kappa shape index (κ2) is 5.19. The molecule has 0 aromatic heterocycles. The molecule has 0 radical (unpaired) electrons. The van der Waals surface area contributed by atoms with Crippen molar-refractivity contribution < 1.29 is 9.53 Å². The summed E-state index contributed by atoms with van der Waals surface area (Å²) in [5.74, 6) is 0.637. The van der Waals surface area contributed by atoms with E-state index >= 15 is 0 Å². The quantitative estimate of drug-likeness (QED) is 0.810. The minimum absolute atomic E-state index is 0.00368. The van der Waals surface area contributed by atoms with E-state index in [1.165, 1.54) is 38.8 Å². The number of likely N-dealkylation sites (tertiary alicyclic amines) is 1. The number of ether oxygens (including phenoxy) is 1. The maximum atomic E-state index is 12.0. The summed E-state index contributed by atoms with van der Waals surface area (Å²) in [6.45, 7) is 3.21. The Hall–Kier alpha value is -0.810. The number of rotatable bonds is 4. The average Bonchev–Trinajstić information content (AvgIpc) is 2.89. The normalized spacial score (nSPS) is 40.2. The predicted molar refractivity (Wildman–Crippen MR) is 75.5 cm³/mol. The fraction of sp³-hybridized carbons (Fsp3) is 0.933. The van der Waals surface area contributed by atoms with Crippen LogP contribution in [0.3, 0.4) is 0 Å². The van der Waals surface area contributed by atoms with Gasteiger partial charge in [-0.25, -0.2) is 4.79 Å². The molecule has 4 rings (SSSR count). The zero-order valence-corrected chi connectivity index (χ0v) is 12.0. The Morgan fingerprint density at radius 3 is 2.80 bits per heavy atom. The third-order valence-electron chi connectivity index (χ3n) is 5.35. The molecular weight excluding hydrogens is 254 g/mol. The number of hydrogen-bond acceptors (Lipinski definition) is 3. The number of carbonyl (C=O) groups is 1. The lowest BCUT2D eigenvalue weighted by molar-refractivity contribution is 0.0981. The van der Waals surface area contributed by atoms with Gasteiger partial charge in [-0.05, 0) is 51.0 Å². The van der Waals surface area contributed by atoms with Crippen molar-refractivity contribution in [1.29, 1.82) is 0 Å². The molecule has 4 fully saturated rings. The third-order valence-corrected chi connectivity index (χ3v) is 5.35. The lowest BCUT2D eigenvalue weighted by Crippen LogP contribution is -2.47. The van der Waals surface area contributed by atoms with Gasteiger partial charge < -0.3 is 20.3 Å². The van der Waals surface area contributed by atoms with Crippen LogP contribution >= 0.6 is 0 Å². The van der Waals surface area contributed by atoms with Crippen molar-refractivity contribution in [2.24, 2.45) is 5.92 Å². The second-order valence-electron chi connectivity index (χ2n) is 6.95. The van der Waals surface area contributed by atoms with Crippen molar-refractivity contribution >= 4 is 6.03 Å². The van der Waals surface area contributed by atoms with Gasteiger partial charge in [0, 0.05) is 19.1 Å². The molecule has 1 saturated carbocycles. The van der Waals surface area contributed by atoms with Crippen LogP contribution in [0.1, 0.15) is 38.5 Å². The van der Waals surface area contributed by atoms with E-state index in [0.717, 1.165) is 25.4 Å². The number of fused-ring (bicyclic) bond motifs is 2. The van der Waals surface area contributed by atoms with Gasteiger partial charge in [0.1, 0.15) is 0 Å². The number of nitrogens with zero attached hydrogens (tertiary/aromatic N) is 1. The van der Waals surface area contributed by atoms with Crippen LogP contribution in [-0.2, 0) is 4.74 Å². The van der Waals surface area contributed by atoms with Gasteiger partial charge in [-0.3, -0.25) is 0 Å². The highest BCUT2D eigenvalue weighted by Crippen LogP contribution is 2.34. The highest BCUT2D eigenvalue weighted by atomic mass is 16.5. The summed E-state index contributed by atoms with van der Waals surface area (Å²) in [6, 6.07) is 1.09. The maximum Gasteiger partial charge on any atom is 0.315 e. The molecule has 3 saturated heterocycles. The van der Waals surface area contributed by atoms with E-state index in [1.807, 2.05) is 0 Å². The van der Waals surface area contributed by atoms with Crippen molar-refractivity contribution in [1.82, 2.24) is 15.5 Å². The highest BCUT2D eigenvalue weighted by molar-refractivity contribution is 5.74. The highest BCUT2D eigenvalue weighted by Gasteiger charge is 2.41. The number of amides is 2. The molecule has 5 nitrogen and oxygen atoms in total. The summed E-state index contributed by atoms with van der Waals surface area (Å²) in [7, 11) is 0. The number of hydrogen-bond donors (Lipinski definition) is 2. The van der Waals surface area contributed by atoms with Crippen molar-refractivity contribution in [3.63, 3.8) is 0 Å². The Bertz CT molecular complexity index is 385. The zero-order valence-electron chi connectivity index (χ0n) is 12.0. The summed E-state index contributed by atoms with van der Waals surface area (Å²) in [5.41, 5.74) is 0. The molecule has 3 heterocycles. The summed E-state index contributed by atoms with van der Waals surface area (Å²) in [5, 5.41) is 6.15.